The van der Waals surface area contributed by atoms with E-state index in [1.54, 1.807) is 4.98 Å². The SMILES string of the molecule is O=c1nc(C=Cc2ccc(Br)c([N+](=O)[O-])c2)cc(C(F)(F)F)[nH]1. The first kappa shape index (κ1) is 16.9. The number of aromatic nitrogens is 2. The van der Waals surface area contributed by atoms with Crippen molar-refractivity contribution in [1.29, 1.82) is 0 Å². The first-order valence-electron chi connectivity index (χ1n) is 5.97. The van der Waals surface area contributed by atoms with Gasteiger partial charge in [0.25, 0.3) is 5.69 Å². The van der Waals surface area contributed by atoms with Crippen LogP contribution in [0.25, 0.3) is 12.2 Å². The van der Waals surface area contributed by atoms with Crippen LogP contribution in [-0.4, -0.2) is 14.9 Å². The van der Waals surface area contributed by atoms with Gasteiger partial charge in [-0.2, -0.15) is 18.2 Å². The average Bonchev–Trinajstić information content (AvgIpc) is 2.44. The van der Waals surface area contributed by atoms with Crippen molar-refractivity contribution >= 4 is 33.8 Å². The van der Waals surface area contributed by atoms with Gasteiger partial charge in [-0.1, -0.05) is 12.1 Å². The zero-order chi connectivity index (χ0) is 17.2. The van der Waals surface area contributed by atoms with Gasteiger partial charge in [0, 0.05) is 6.07 Å². The number of H-pyrrole nitrogens is 1. The molecule has 23 heavy (non-hydrogen) atoms. The van der Waals surface area contributed by atoms with Gasteiger partial charge in [-0.05, 0) is 39.7 Å². The van der Waals surface area contributed by atoms with Gasteiger partial charge in [-0.3, -0.25) is 10.1 Å². The third-order valence-electron chi connectivity index (χ3n) is 2.68. The molecule has 2 rings (SSSR count). The molecule has 0 aliphatic rings. The number of nitrogens with zero attached hydrogens (tertiary/aromatic N) is 2. The van der Waals surface area contributed by atoms with Crippen molar-refractivity contribution in [3.8, 4) is 0 Å². The van der Waals surface area contributed by atoms with Crippen LogP contribution in [0.3, 0.4) is 0 Å². The lowest BCUT2D eigenvalue weighted by molar-refractivity contribution is -0.385. The van der Waals surface area contributed by atoms with Crippen LogP contribution in [0.2, 0.25) is 0 Å². The van der Waals surface area contributed by atoms with Crippen LogP contribution < -0.4 is 5.69 Å². The largest absolute Gasteiger partial charge is 0.431 e. The molecule has 2 aromatic rings. The number of alkyl halides is 3. The number of benzene rings is 1. The quantitative estimate of drug-likeness (QED) is 0.641. The van der Waals surface area contributed by atoms with Crippen molar-refractivity contribution in [3.63, 3.8) is 0 Å². The lowest BCUT2D eigenvalue weighted by atomic mass is 10.1. The molecule has 0 spiro atoms. The molecule has 0 unspecified atom stereocenters. The number of nitrogens with one attached hydrogen (secondary N) is 1. The summed E-state index contributed by atoms with van der Waals surface area (Å²) >= 11 is 3.02. The molecule has 0 aliphatic heterocycles. The van der Waals surface area contributed by atoms with Crippen LogP contribution in [0, 0.1) is 10.1 Å². The minimum absolute atomic E-state index is 0.193. The molecule has 1 heterocycles. The van der Waals surface area contributed by atoms with Gasteiger partial charge in [0.1, 0.15) is 5.69 Å². The summed E-state index contributed by atoms with van der Waals surface area (Å²) in [7, 11) is 0. The molecule has 0 amide bonds. The van der Waals surface area contributed by atoms with Gasteiger partial charge in [-0.15, -0.1) is 0 Å². The Morgan fingerprint density at radius 2 is 1.96 bits per heavy atom. The van der Waals surface area contributed by atoms with Crippen molar-refractivity contribution in [2.75, 3.05) is 0 Å². The fourth-order valence-corrected chi connectivity index (χ4v) is 2.06. The molecule has 0 fully saturated rings. The van der Waals surface area contributed by atoms with Gasteiger partial charge < -0.3 is 4.98 Å². The van der Waals surface area contributed by atoms with E-state index >= 15 is 0 Å². The highest BCUT2D eigenvalue weighted by atomic mass is 79.9. The second-order valence-corrected chi connectivity index (χ2v) is 5.18. The van der Waals surface area contributed by atoms with E-state index in [0.29, 0.717) is 11.6 Å². The Morgan fingerprint density at radius 1 is 1.26 bits per heavy atom. The van der Waals surface area contributed by atoms with Crippen LogP contribution >= 0.6 is 15.9 Å². The number of aromatic amines is 1. The van der Waals surface area contributed by atoms with Crippen LogP contribution in [0.1, 0.15) is 17.0 Å². The fourth-order valence-electron chi connectivity index (χ4n) is 1.67. The smallest absolute Gasteiger partial charge is 0.302 e. The van der Waals surface area contributed by atoms with E-state index < -0.39 is 22.5 Å². The first-order chi connectivity index (χ1) is 10.7. The number of hydrogen-bond donors (Lipinski definition) is 1. The minimum Gasteiger partial charge on any atom is -0.302 e. The first-order valence-corrected chi connectivity index (χ1v) is 6.77. The maximum absolute atomic E-state index is 12.6. The standard InChI is InChI=1S/C13H7BrF3N3O3/c14-9-4-2-7(5-10(9)20(22)23)1-3-8-6-11(13(15,16)17)19-12(21)18-8/h1-6H,(H,18,19,21). The summed E-state index contributed by atoms with van der Waals surface area (Å²) in [5.41, 5.74) is -2.40. The van der Waals surface area contributed by atoms with Gasteiger partial charge in [0.2, 0.25) is 0 Å². The lowest BCUT2D eigenvalue weighted by Gasteiger charge is -2.05. The Balaban J connectivity index is 2.38. The normalized spacial score (nSPS) is 11.8. The van der Waals surface area contributed by atoms with E-state index in [2.05, 4.69) is 20.9 Å². The summed E-state index contributed by atoms with van der Waals surface area (Å²) in [6, 6.07) is 4.86. The summed E-state index contributed by atoms with van der Waals surface area (Å²) in [6.07, 6.45) is -2.22. The van der Waals surface area contributed by atoms with E-state index in [1.807, 2.05) is 0 Å². The Kier molecular flexibility index (Phi) is 4.64. The van der Waals surface area contributed by atoms with E-state index in [1.165, 1.54) is 24.3 Å². The third-order valence-corrected chi connectivity index (χ3v) is 3.35. The van der Waals surface area contributed by atoms with Crippen molar-refractivity contribution in [2.45, 2.75) is 6.18 Å². The molecular weight excluding hydrogens is 383 g/mol. The molecule has 120 valence electrons. The van der Waals surface area contributed by atoms with Crippen molar-refractivity contribution in [1.82, 2.24) is 9.97 Å². The zero-order valence-electron chi connectivity index (χ0n) is 11.1. The highest BCUT2D eigenvalue weighted by Crippen LogP contribution is 2.28. The number of nitro groups is 1. The zero-order valence-corrected chi connectivity index (χ0v) is 12.7. The van der Waals surface area contributed by atoms with Gasteiger partial charge in [0.05, 0.1) is 15.1 Å². The molecule has 0 saturated heterocycles. The minimum atomic E-state index is -4.71. The summed E-state index contributed by atoms with van der Waals surface area (Å²) < 4.78 is 38.1. The van der Waals surface area contributed by atoms with Crippen molar-refractivity contribution in [3.05, 3.63) is 66.3 Å². The Hall–Kier alpha value is -2.49. The number of rotatable bonds is 3. The summed E-state index contributed by atoms with van der Waals surface area (Å²) in [5.74, 6) is 0. The molecule has 0 atom stereocenters. The molecular formula is C13H7BrF3N3O3. The monoisotopic (exact) mass is 389 g/mol. The predicted octanol–water partition coefficient (Wildman–Crippen LogP) is 3.63. The predicted molar refractivity (Wildman–Crippen MR) is 79.6 cm³/mol. The molecule has 10 heteroatoms. The molecule has 1 aromatic heterocycles. The van der Waals surface area contributed by atoms with E-state index in [9.17, 15) is 28.1 Å². The molecule has 1 N–H and O–H groups in total. The molecule has 0 bridgehead atoms. The number of hydrogen-bond acceptors (Lipinski definition) is 4. The van der Waals surface area contributed by atoms with Crippen molar-refractivity contribution in [2.24, 2.45) is 0 Å². The van der Waals surface area contributed by atoms with E-state index in [4.69, 9.17) is 0 Å². The van der Waals surface area contributed by atoms with Gasteiger partial charge in [-0.25, -0.2) is 4.79 Å². The third kappa shape index (κ3) is 4.25. The highest BCUT2D eigenvalue weighted by molar-refractivity contribution is 9.10. The topological polar surface area (TPSA) is 88.9 Å². The summed E-state index contributed by atoms with van der Waals surface area (Å²) in [5, 5.41) is 10.8. The van der Waals surface area contributed by atoms with Crippen LogP contribution in [0.5, 0.6) is 0 Å². The van der Waals surface area contributed by atoms with Crippen molar-refractivity contribution < 1.29 is 18.1 Å². The fraction of sp³-hybridized carbons (Fsp3) is 0.0769. The number of nitro benzene ring substituents is 1. The van der Waals surface area contributed by atoms with Crippen LogP contribution in [0.15, 0.2) is 33.5 Å². The Morgan fingerprint density at radius 3 is 2.57 bits per heavy atom. The van der Waals surface area contributed by atoms with Crippen LogP contribution in [0.4, 0.5) is 18.9 Å². The van der Waals surface area contributed by atoms with Crippen LogP contribution in [-0.2, 0) is 6.18 Å². The molecule has 0 saturated carbocycles. The highest BCUT2D eigenvalue weighted by Gasteiger charge is 2.32. The number of halogens is 4. The molecule has 0 aliphatic carbocycles. The summed E-state index contributed by atoms with van der Waals surface area (Å²) in [6.45, 7) is 0. The summed E-state index contributed by atoms with van der Waals surface area (Å²) in [4.78, 5) is 26.4. The second kappa shape index (κ2) is 6.32. The molecule has 6 nitrogen and oxygen atoms in total. The van der Waals surface area contributed by atoms with Gasteiger partial charge >= 0.3 is 11.9 Å². The Labute approximate surface area is 135 Å². The maximum atomic E-state index is 12.6. The van der Waals surface area contributed by atoms with E-state index in [-0.39, 0.29) is 15.9 Å². The van der Waals surface area contributed by atoms with E-state index in [0.717, 1.165) is 6.08 Å². The lowest BCUT2D eigenvalue weighted by Crippen LogP contribution is -2.19. The average molecular weight is 390 g/mol. The maximum Gasteiger partial charge on any atom is 0.431 e. The molecule has 0 radical (unpaired) electrons. The molecule has 1 aromatic carbocycles. The van der Waals surface area contributed by atoms with Gasteiger partial charge in [0.15, 0.2) is 0 Å². The second-order valence-electron chi connectivity index (χ2n) is 4.32. The Bertz CT molecular complexity index is 846.